The van der Waals surface area contributed by atoms with Crippen LogP contribution in [0.2, 0.25) is 0 Å². The van der Waals surface area contributed by atoms with Crippen molar-refractivity contribution >= 4 is 7.37 Å². The largest absolute Gasteiger partial charge is 0.497 e. The van der Waals surface area contributed by atoms with Gasteiger partial charge in [-0.15, -0.1) is 0 Å². The molecular formula is C29H37O6P. The quantitative estimate of drug-likeness (QED) is 0.298. The summed E-state index contributed by atoms with van der Waals surface area (Å²) in [4.78, 5) is 9.60. The molecule has 0 bridgehead atoms. The van der Waals surface area contributed by atoms with Crippen LogP contribution in [0.25, 0.3) is 11.1 Å². The molecule has 7 heteroatoms. The highest BCUT2D eigenvalue weighted by Gasteiger charge is 2.29. The number of hydrogen-bond acceptors (Lipinski definition) is 5. The van der Waals surface area contributed by atoms with Crippen molar-refractivity contribution in [1.82, 2.24) is 0 Å². The Bertz CT molecular complexity index is 1210. The first-order valence-corrected chi connectivity index (χ1v) is 14.2. The lowest BCUT2D eigenvalue weighted by Crippen LogP contribution is -2.21. The Hall–Kier alpha value is -2.63. The summed E-state index contributed by atoms with van der Waals surface area (Å²) in [6.07, 6.45) is -1.38. The van der Waals surface area contributed by atoms with E-state index in [2.05, 4.69) is 39.0 Å². The van der Waals surface area contributed by atoms with E-state index in [9.17, 15) is 14.6 Å². The summed E-state index contributed by atoms with van der Waals surface area (Å²) in [5.74, 6) is 1.37. The average Bonchev–Trinajstić information content (AvgIpc) is 2.81. The third-order valence-electron chi connectivity index (χ3n) is 5.96. The van der Waals surface area contributed by atoms with Gasteiger partial charge in [0.2, 0.25) is 7.37 Å². The minimum absolute atomic E-state index is 0.141. The predicted octanol–water partition coefficient (Wildman–Crippen LogP) is 6.61. The zero-order chi connectivity index (χ0) is 26.5. The van der Waals surface area contributed by atoms with E-state index in [1.165, 1.54) is 6.66 Å². The number of methoxy groups -OCH3 is 2. The minimum Gasteiger partial charge on any atom is -0.497 e. The van der Waals surface area contributed by atoms with Crippen molar-refractivity contribution in [3.05, 3.63) is 83.4 Å². The molecule has 3 rings (SSSR count). The molecule has 0 saturated carbocycles. The van der Waals surface area contributed by atoms with Crippen LogP contribution in [0.1, 0.15) is 49.7 Å². The number of hydrogen-bond donors (Lipinski definition) is 2. The summed E-state index contributed by atoms with van der Waals surface area (Å²) in [6, 6.07) is 21.2. The molecule has 0 amide bonds. The van der Waals surface area contributed by atoms with Crippen LogP contribution in [0.4, 0.5) is 0 Å². The number of ether oxygens (including phenoxy) is 3. The van der Waals surface area contributed by atoms with E-state index in [-0.39, 0.29) is 17.7 Å². The lowest BCUT2D eigenvalue weighted by Gasteiger charge is -2.32. The second kappa shape index (κ2) is 11.6. The molecule has 0 radical (unpaired) electrons. The van der Waals surface area contributed by atoms with E-state index in [4.69, 9.17) is 14.2 Å². The van der Waals surface area contributed by atoms with Crippen LogP contribution in [-0.4, -0.2) is 37.0 Å². The van der Waals surface area contributed by atoms with E-state index >= 15 is 0 Å². The topological polar surface area (TPSA) is 85.2 Å². The monoisotopic (exact) mass is 512 g/mol. The molecule has 2 N–H and O–H groups in total. The van der Waals surface area contributed by atoms with Crippen molar-refractivity contribution in [2.24, 2.45) is 5.41 Å². The lowest BCUT2D eigenvalue weighted by molar-refractivity contribution is 0.0155. The number of rotatable bonds is 10. The molecule has 0 aliphatic heterocycles. The van der Waals surface area contributed by atoms with Crippen molar-refractivity contribution in [3.63, 3.8) is 0 Å². The van der Waals surface area contributed by atoms with Gasteiger partial charge < -0.3 is 24.2 Å². The Morgan fingerprint density at radius 1 is 0.944 bits per heavy atom. The summed E-state index contributed by atoms with van der Waals surface area (Å²) in [6.45, 7) is 8.01. The van der Waals surface area contributed by atoms with Gasteiger partial charge in [-0.2, -0.15) is 0 Å². The third-order valence-corrected chi connectivity index (χ3v) is 6.98. The minimum atomic E-state index is -3.34. The Balaban J connectivity index is 1.91. The molecule has 0 fully saturated rings. The Kier molecular flexibility index (Phi) is 9.02. The molecule has 3 aromatic carbocycles. The molecule has 3 aromatic rings. The first-order valence-electron chi connectivity index (χ1n) is 11.9. The van der Waals surface area contributed by atoms with Gasteiger partial charge in [0.15, 0.2) is 0 Å². The van der Waals surface area contributed by atoms with Gasteiger partial charge in [0.1, 0.15) is 18.1 Å². The van der Waals surface area contributed by atoms with Gasteiger partial charge in [0, 0.05) is 13.8 Å². The summed E-state index contributed by atoms with van der Waals surface area (Å²) in [7, 11) is 0.0442. The first-order chi connectivity index (χ1) is 16.9. The van der Waals surface area contributed by atoms with Gasteiger partial charge in [-0.25, -0.2) is 0 Å². The molecule has 3 atom stereocenters. The van der Waals surface area contributed by atoms with Crippen LogP contribution in [0.5, 0.6) is 11.5 Å². The average molecular weight is 513 g/mol. The molecule has 36 heavy (non-hydrogen) atoms. The highest BCUT2D eigenvalue weighted by atomic mass is 31.2. The maximum Gasteiger partial charge on any atom is 0.200 e. The van der Waals surface area contributed by atoms with Gasteiger partial charge in [-0.05, 0) is 63.6 Å². The molecule has 6 nitrogen and oxygen atoms in total. The highest BCUT2D eigenvalue weighted by molar-refractivity contribution is 7.57. The summed E-state index contributed by atoms with van der Waals surface area (Å²) in [5.41, 5.74) is 4.55. The molecule has 0 aliphatic carbocycles. The smallest absolute Gasteiger partial charge is 0.200 e. The van der Waals surface area contributed by atoms with Gasteiger partial charge in [0.05, 0.1) is 25.5 Å². The molecular weight excluding hydrogens is 475 g/mol. The predicted molar refractivity (Wildman–Crippen MR) is 144 cm³/mol. The lowest BCUT2D eigenvalue weighted by atomic mass is 9.81. The van der Waals surface area contributed by atoms with Crippen LogP contribution < -0.4 is 9.47 Å². The van der Waals surface area contributed by atoms with Crippen LogP contribution in [0.15, 0.2) is 66.7 Å². The fourth-order valence-corrected chi connectivity index (χ4v) is 5.18. The van der Waals surface area contributed by atoms with Gasteiger partial charge in [-0.3, -0.25) is 4.57 Å². The van der Waals surface area contributed by atoms with Gasteiger partial charge in [-0.1, -0.05) is 57.2 Å². The maximum atomic E-state index is 11.7. The van der Waals surface area contributed by atoms with Gasteiger partial charge in [0.25, 0.3) is 0 Å². The molecule has 0 saturated heterocycles. The summed E-state index contributed by atoms with van der Waals surface area (Å²) < 4.78 is 29.1. The Morgan fingerprint density at radius 2 is 1.64 bits per heavy atom. The first kappa shape index (κ1) is 27.9. The number of benzene rings is 3. The molecule has 194 valence electrons. The third kappa shape index (κ3) is 7.44. The van der Waals surface area contributed by atoms with Crippen molar-refractivity contribution in [2.45, 2.75) is 39.6 Å². The molecule has 0 spiro atoms. The standard InChI is InChI=1S/C29H37O6P/c1-29(2,3)28(34-5)26-15-20(13-14-25(26)21-9-7-11-23(16-21)33-4)18-35-24-12-8-10-22(17-24)27(30)19-36(6,31)32/h7-17,27-28,30H,18-19H2,1-6H3,(H,31,32)/t27-,28?/m1/s1. The SMILES string of the molecule is COc1cccc(-c2ccc(COc3cccc([C@H](O)CP(C)(=O)O)c3)cc2C(OC)C(C)(C)C)c1. The van der Waals surface area contributed by atoms with Crippen LogP contribution in [0, 0.1) is 5.41 Å². The van der Waals surface area contributed by atoms with E-state index in [0.29, 0.717) is 17.9 Å². The zero-order valence-electron chi connectivity index (χ0n) is 21.9. The van der Waals surface area contributed by atoms with E-state index in [1.807, 2.05) is 24.3 Å². The maximum absolute atomic E-state index is 11.7. The van der Waals surface area contributed by atoms with Gasteiger partial charge >= 0.3 is 0 Å². The van der Waals surface area contributed by atoms with Crippen LogP contribution >= 0.6 is 7.37 Å². The van der Waals surface area contributed by atoms with Crippen molar-refractivity contribution in [2.75, 3.05) is 27.0 Å². The van der Waals surface area contributed by atoms with Crippen molar-refractivity contribution in [1.29, 1.82) is 0 Å². The zero-order valence-corrected chi connectivity index (χ0v) is 22.8. The highest BCUT2D eigenvalue weighted by Crippen LogP contribution is 2.42. The van der Waals surface area contributed by atoms with E-state index in [0.717, 1.165) is 28.0 Å². The second-order valence-electron chi connectivity index (χ2n) is 10.2. The fraction of sp³-hybridized carbons (Fsp3) is 0.379. The van der Waals surface area contributed by atoms with E-state index < -0.39 is 13.5 Å². The normalized spacial score (nSPS) is 15.1. The molecule has 0 aromatic heterocycles. The van der Waals surface area contributed by atoms with Crippen molar-refractivity contribution in [3.8, 4) is 22.6 Å². The molecule has 2 unspecified atom stereocenters. The van der Waals surface area contributed by atoms with E-state index in [1.54, 1.807) is 38.5 Å². The summed E-state index contributed by atoms with van der Waals surface area (Å²) in [5, 5.41) is 10.3. The van der Waals surface area contributed by atoms with Crippen LogP contribution in [0.3, 0.4) is 0 Å². The molecule has 0 heterocycles. The Morgan fingerprint density at radius 3 is 2.28 bits per heavy atom. The molecule has 0 aliphatic rings. The number of aliphatic hydroxyl groups excluding tert-OH is 1. The summed E-state index contributed by atoms with van der Waals surface area (Å²) >= 11 is 0. The number of aliphatic hydroxyl groups is 1. The fourth-order valence-electron chi connectivity index (χ4n) is 4.32. The Labute approximate surface area is 214 Å². The van der Waals surface area contributed by atoms with Crippen molar-refractivity contribution < 1.29 is 28.8 Å². The van der Waals surface area contributed by atoms with Crippen LogP contribution in [-0.2, 0) is 15.9 Å². The second-order valence-corrected chi connectivity index (χ2v) is 12.7.